The van der Waals surface area contributed by atoms with Crippen LogP contribution in [0.15, 0.2) is 18.2 Å². The summed E-state index contributed by atoms with van der Waals surface area (Å²) < 4.78 is 5.12. The lowest BCUT2D eigenvalue weighted by molar-refractivity contribution is -0.137. The van der Waals surface area contributed by atoms with Crippen LogP contribution in [-0.2, 0) is 14.3 Å². The first-order valence-electron chi connectivity index (χ1n) is 9.36. The number of methoxy groups -OCH3 is 1. The highest BCUT2D eigenvalue weighted by Gasteiger charge is 2.38. The summed E-state index contributed by atoms with van der Waals surface area (Å²) in [5.74, 6) is -0.0578. The zero-order valence-corrected chi connectivity index (χ0v) is 16.0. The highest BCUT2D eigenvalue weighted by Crippen LogP contribution is 2.28. The SMILES string of the molecule is COCCN1CCN(C(=O)[C@@H]2CC(=O)N(c3cc(C)cc(C)c3)C2)CC1. The van der Waals surface area contributed by atoms with E-state index in [4.69, 9.17) is 4.74 Å². The van der Waals surface area contributed by atoms with Gasteiger partial charge in [-0.1, -0.05) is 6.07 Å². The first kappa shape index (κ1) is 18.9. The number of anilines is 1. The summed E-state index contributed by atoms with van der Waals surface area (Å²) in [5, 5.41) is 0. The minimum Gasteiger partial charge on any atom is -0.383 e. The van der Waals surface area contributed by atoms with Crippen LogP contribution in [0.4, 0.5) is 5.69 Å². The Morgan fingerprint density at radius 2 is 1.77 bits per heavy atom. The minimum atomic E-state index is -0.228. The van der Waals surface area contributed by atoms with Gasteiger partial charge in [0.2, 0.25) is 11.8 Å². The van der Waals surface area contributed by atoms with E-state index in [2.05, 4.69) is 11.0 Å². The van der Waals surface area contributed by atoms with Gasteiger partial charge < -0.3 is 14.5 Å². The van der Waals surface area contributed by atoms with Crippen molar-refractivity contribution in [2.45, 2.75) is 20.3 Å². The van der Waals surface area contributed by atoms with Gasteiger partial charge in [0.1, 0.15) is 0 Å². The Morgan fingerprint density at radius 1 is 1.12 bits per heavy atom. The first-order valence-corrected chi connectivity index (χ1v) is 9.36. The summed E-state index contributed by atoms with van der Waals surface area (Å²) in [6.07, 6.45) is 0.315. The predicted molar refractivity (Wildman–Crippen MR) is 101 cm³/mol. The molecule has 2 heterocycles. The van der Waals surface area contributed by atoms with Gasteiger partial charge in [-0.2, -0.15) is 0 Å². The Labute approximate surface area is 155 Å². The van der Waals surface area contributed by atoms with Gasteiger partial charge in [0.05, 0.1) is 12.5 Å². The van der Waals surface area contributed by atoms with E-state index in [0.717, 1.165) is 56.1 Å². The lowest BCUT2D eigenvalue weighted by atomic mass is 10.1. The second-order valence-electron chi connectivity index (χ2n) is 7.41. The molecule has 0 unspecified atom stereocenters. The average Bonchev–Trinajstić information content (AvgIpc) is 3.01. The van der Waals surface area contributed by atoms with E-state index in [9.17, 15) is 9.59 Å². The van der Waals surface area contributed by atoms with Gasteiger partial charge in [-0.3, -0.25) is 14.5 Å². The number of rotatable bonds is 5. The van der Waals surface area contributed by atoms with Crippen LogP contribution in [0.25, 0.3) is 0 Å². The third-order valence-corrected chi connectivity index (χ3v) is 5.29. The van der Waals surface area contributed by atoms with Crippen molar-refractivity contribution in [1.29, 1.82) is 0 Å². The molecule has 1 atom stereocenters. The highest BCUT2D eigenvalue weighted by atomic mass is 16.5. The lowest BCUT2D eigenvalue weighted by Crippen LogP contribution is -2.51. The molecule has 1 aromatic rings. The van der Waals surface area contributed by atoms with Crippen LogP contribution in [0.2, 0.25) is 0 Å². The Bertz CT molecular complexity index is 648. The second kappa shape index (κ2) is 8.18. The van der Waals surface area contributed by atoms with E-state index < -0.39 is 0 Å². The lowest BCUT2D eigenvalue weighted by Gasteiger charge is -2.35. The highest BCUT2D eigenvalue weighted by molar-refractivity contribution is 6.00. The molecular weight excluding hydrogens is 330 g/mol. The molecule has 2 saturated heterocycles. The first-order chi connectivity index (χ1) is 12.5. The van der Waals surface area contributed by atoms with E-state index in [1.165, 1.54) is 0 Å². The van der Waals surface area contributed by atoms with E-state index in [1.54, 1.807) is 12.0 Å². The third-order valence-electron chi connectivity index (χ3n) is 5.29. The van der Waals surface area contributed by atoms with Gasteiger partial charge in [0.25, 0.3) is 0 Å². The van der Waals surface area contributed by atoms with Crippen molar-refractivity contribution in [2.75, 3.05) is 57.9 Å². The number of carbonyl (C=O) groups excluding carboxylic acids is 2. The van der Waals surface area contributed by atoms with E-state index >= 15 is 0 Å². The number of aryl methyl sites for hydroxylation is 2. The number of ether oxygens (including phenoxy) is 1. The van der Waals surface area contributed by atoms with Crippen LogP contribution in [0.5, 0.6) is 0 Å². The number of piperazine rings is 1. The molecule has 2 fully saturated rings. The molecule has 0 N–H and O–H groups in total. The zero-order chi connectivity index (χ0) is 18.7. The number of amides is 2. The molecule has 2 aliphatic rings. The average molecular weight is 359 g/mol. The molecule has 2 amide bonds. The Balaban J connectivity index is 1.59. The van der Waals surface area contributed by atoms with Crippen LogP contribution >= 0.6 is 0 Å². The van der Waals surface area contributed by atoms with Gasteiger partial charge in [-0.15, -0.1) is 0 Å². The van der Waals surface area contributed by atoms with E-state index in [1.807, 2.05) is 30.9 Å². The van der Waals surface area contributed by atoms with Gasteiger partial charge in [-0.25, -0.2) is 0 Å². The maximum absolute atomic E-state index is 12.9. The summed E-state index contributed by atoms with van der Waals surface area (Å²) in [5.41, 5.74) is 3.18. The molecule has 0 bridgehead atoms. The minimum absolute atomic E-state index is 0.0482. The summed E-state index contributed by atoms with van der Waals surface area (Å²) in [6.45, 7) is 9.38. The Hall–Kier alpha value is -1.92. The van der Waals surface area contributed by atoms with Crippen molar-refractivity contribution in [2.24, 2.45) is 5.92 Å². The van der Waals surface area contributed by atoms with Gasteiger partial charge in [0, 0.05) is 58.5 Å². The van der Waals surface area contributed by atoms with Crippen LogP contribution in [0, 0.1) is 19.8 Å². The second-order valence-corrected chi connectivity index (χ2v) is 7.41. The number of benzene rings is 1. The van der Waals surface area contributed by atoms with E-state index in [0.29, 0.717) is 13.0 Å². The monoisotopic (exact) mass is 359 g/mol. The predicted octanol–water partition coefficient (Wildman–Crippen LogP) is 1.45. The molecule has 0 radical (unpaired) electrons. The van der Waals surface area contributed by atoms with Crippen LogP contribution in [-0.4, -0.2) is 74.6 Å². The molecule has 3 rings (SSSR count). The Morgan fingerprint density at radius 3 is 2.38 bits per heavy atom. The number of hydrogen-bond acceptors (Lipinski definition) is 4. The molecule has 6 nitrogen and oxygen atoms in total. The fourth-order valence-corrected chi connectivity index (χ4v) is 3.90. The molecule has 2 aliphatic heterocycles. The summed E-state index contributed by atoms with van der Waals surface area (Å²) in [6, 6.07) is 6.13. The fourth-order valence-electron chi connectivity index (χ4n) is 3.90. The van der Waals surface area contributed by atoms with Crippen LogP contribution in [0.1, 0.15) is 17.5 Å². The molecule has 0 spiro atoms. The zero-order valence-electron chi connectivity index (χ0n) is 16.0. The number of hydrogen-bond donors (Lipinski definition) is 0. The summed E-state index contributed by atoms with van der Waals surface area (Å²) in [4.78, 5) is 31.4. The molecule has 0 aliphatic carbocycles. The quantitative estimate of drug-likeness (QED) is 0.798. The standard InChI is InChI=1S/C20H29N3O3/c1-15-10-16(2)12-18(11-15)23-14-17(13-19(23)24)20(25)22-6-4-21(5-7-22)8-9-26-3/h10-12,17H,4-9,13-14H2,1-3H3/t17-/m1/s1. The van der Waals surface area contributed by atoms with Gasteiger partial charge in [-0.05, 0) is 37.1 Å². The largest absolute Gasteiger partial charge is 0.383 e. The Kier molecular flexibility index (Phi) is 5.94. The number of nitrogens with zero attached hydrogens (tertiary/aromatic N) is 3. The van der Waals surface area contributed by atoms with Crippen LogP contribution in [0.3, 0.4) is 0 Å². The molecule has 142 valence electrons. The van der Waals surface area contributed by atoms with Gasteiger partial charge in [0.15, 0.2) is 0 Å². The topological polar surface area (TPSA) is 53.1 Å². The van der Waals surface area contributed by atoms with E-state index in [-0.39, 0.29) is 17.7 Å². The molecule has 6 heteroatoms. The van der Waals surface area contributed by atoms with Crippen molar-refractivity contribution in [3.8, 4) is 0 Å². The van der Waals surface area contributed by atoms with Crippen molar-refractivity contribution in [3.05, 3.63) is 29.3 Å². The van der Waals surface area contributed by atoms with Crippen molar-refractivity contribution in [3.63, 3.8) is 0 Å². The summed E-state index contributed by atoms with van der Waals surface area (Å²) >= 11 is 0. The maximum Gasteiger partial charge on any atom is 0.228 e. The number of carbonyl (C=O) groups is 2. The van der Waals surface area contributed by atoms with Crippen LogP contribution < -0.4 is 4.90 Å². The normalized spacial score (nSPS) is 21.5. The molecule has 1 aromatic carbocycles. The molecule has 26 heavy (non-hydrogen) atoms. The van der Waals surface area contributed by atoms with Crippen molar-refractivity contribution < 1.29 is 14.3 Å². The maximum atomic E-state index is 12.9. The van der Waals surface area contributed by atoms with Crippen molar-refractivity contribution in [1.82, 2.24) is 9.80 Å². The van der Waals surface area contributed by atoms with Crippen molar-refractivity contribution >= 4 is 17.5 Å². The summed E-state index contributed by atoms with van der Waals surface area (Å²) in [7, 11) is 1.71. The molecule has 0 aromatic heterocycles. The fraction of sp³-hybridized carbons (Fsp3) is 0.600. The third kappa shape index (κ3) is 4.24. The smallest absolute Gasteiger partial charge is 0.228 e. The van der Waals surface area contributed by atoms with Gasteiger partial charge >= 0.3 is 0 Å². The molecular formula is C20H29N3O3. The molecule has 0 saturated carbocycles.